The predicted octanol–water partition coefficient (Wildman–Crippen LogP) is 3.78. The number of benzene rings is 1. The molecule has 4 heteroatoms. The summed E-state index contributed by atoms with van der Waals surface area (Å²) in [6.45, 7) is 1.92. The first-order valence-electron chi connectivity index (χ1n) is 7.01. The highest BCUT2D eigenvalue weighted by Gasteiger charge is 2.35. The van der Waals surface area contributed by atoms with E-state index in [1.165, 1.54) is 0 Å². The Morgan fingerprint density at radius 1 is 1.38 bits per heavy atom. The number of ketones is 1. The summed E-state index contributed by atoms with van der Waals surface area (Å²) in [5.74, 6) is -0.0402. The Bertz CT molecular complexity index is 725. The number of hydrogen-bond acceptors (Lipinski definition) is 3. The van der Waals surface area contributed by atoms with Crippen LogP contribution in [0.3, 0.4) is 0 Å². The minimum absolute atomic E-state index is 0.174. The average molecular weight is 390 g/mol. The monoisotopic (exact) mass is 390 g/mol. The van der Waals surface area contributed by atoms with Crippen molar-refractivity contribution in [1.82, 2.24) is 5.32 Å². The number of nitrogens with one attached hydrogen (secondary N) is 1. The molecule has 1 heterocycles. The maximum Gasteiger partial charge on any atom is 0.161 e. The quantitative estimate of drug-likeness (QED) is 0.743. The number of halogens is 1. The zero-order chi connectivity index (χ0) is 15.0. The number of rotatable bonds is 1. The van der Waals surface area contributed by atoms with Crippen molar-refractivity contribution in [2.24, 2.45) is 0 Å². The van der Waals surface area contributed by atoms with Gasteiger partial charge in [0.15, 0.2) is 5.78 Å². The highest BCUT2D eigenvalue weighted by molar-refractivity contribution is 14.1. The van der Waals surface area contributed by atoms with Gasteiger partial charge in [-0.15, -0.1) is 0 Å². The molecule has 0 fully saturated rings. The van der Waals surface area contributed by atoms with E-state index < -0.39 is 0 Å². The molecule has 0 amide bonds. The van der Waals surface area contributed by atoms with Gasteiger partial charge in [-0.25, -0.2) is 0 Å². The number of allylic oxidation sites excluding steroid dienone is 4. The molecule has 1 aromatic carbocycles. The summed E-state index contributed by atoms with van der Waals surface area (Å²) in [5, 5.41) is 12.8. The number of hydrogen-bond donors (Lipinski definition) is 1. The smallest absolute Gasteiger partial charge is 0.161 e. The van der Waals surface area contributed by atoms with Crippen molar-refractivity contribution in [3.05, 3.63) is 55.9 Å². The Morgan fingerprint density at radius 2 is 2.19 bits per heavy atom. The molecular weight excluding hydrogens is 375 g/mol. The van der Waals surface area contributed by atoms with Crippen molar-refractivity contribution in [2.45, 2.75) is 32.1 Å². The van der Waals surface area contributed by atoms with Gasteiger partial charge in [0, 0.05) is 27.0 Å². The molecule has 1 N–H and O–H groups in total. The summed E-state index contributed by atoms with van der Waals surface area (Å²) in [6, 6.07) is 10.4. The van der Waals surface area contributed by atoms with Gasteiger partial charge in [0.25, 0.3) is 0 Å². The topological polar surface area (TPSA) is 52.9 Å². The van der Waals surface area contributed by atoms with Crippen LogP contribution < -0.4 is 5.32 Å². The summed E-state index contributed by atoms with van der Waals surface area (Å²) in [6.07, 6.45) is 2.36. The van der Waals surface area contributed by atoms with Gasteiger partial charge in [-0.05, 0) is 60.1 Å². The van der Waals surface area contributed by atoms with Crippen LogP contribution >= 0.6 is 22.6 Å². The fourth-order valence-corrected chi connectivity index (χ4v) is 3.72. The molecule has 0 radical (unpaired) electrons. The zero-order valence-electron chi connectivity index (χ0n) is 11.7. The van der Waals surface area contributed by atoms with Gasteiger partial charge >= 0.3 is 0 Å². The minimum atomic E-state index is -0.214. The van der Waals surface area contributed by atoms with Gasteiger partial charge in [-0.2, -0.15) is 5.26 Å². The van der Waals surface area contributed by atoms with Crippen LogP contribution in [-0.2, 0) is 4.79 Å². The fourth-order valence-electron chi connectivity index (χ4n) is 3.15. The van der Waals surface area contributed by atoms with Gasteiger partial charge in [0.2, 0.25) is 0 Å². The van der Waals surface area contributed by atoms with Crippen molar-refractivity contribution in [1.29, 1.82) is 5.26 Å². The van der Waals surface area contributed by atoms with Crippen LogP contribution in [-0.4, -0.2) is 5.78 Å². The van der Waals surface area contributed by atoms with E-state index in [4.69, 9.17) is 0 Å². The number of nitrogens with zero attached hydrogens (tertiary/aromatic N) is 1. The lowest BCUT2D eigenvalue weighted by Gasteiger charge is -2.32. The Hall–Kier alpha value is -1.61. The van der Waals surface area contributed by atoms with Crippen LogP contribution in [0.1, 0.15) is 37.7 Å². The molecule has 3 nitrogen and oxygen atoms in total. The number of dihydropyridines is 1. The van der Waals surface area contributed by atoms with Crippen LogP contribution in [0.4, 0.5) is 0 Å². The first-order valence-corrected chi connectivity index (χ1v) is 8.09. The highest BCUT2D eigenvalue weighted by atomic mass is 127. The highest BCUT2D eigenvalue weighted by Crippen LogP contribution is 2.41. The van der Waals surface area contributed by atoms with Crippen molar-refractivity contribution in [3.63, 3.8) is 0 Å². The molecule has 1 atom stereocenters. The second-order valence-corrected chi connectivity index (χ2v) is 6.68. The van der Waals surface area contributed by atoms with E-state index in [1.54, 1.807) is 0 Å². The van der Waals surface area contributed by atoms with E-state index in [-0.39, 0.29) is 11.7 Å². The molecule has 0 saturated carbocycles. The largest absolute Gasteiger partial charge is 0.361 e. The molecule has 0 aromatic heterocycles. The van der Waals surface area contributed by atoms with Gasteiger partial charge < -0.3 is 5.32 Å². The van der Waals surface area contributed by atoms with Crippen LogP contribution in [0.2, 0.25) is 0 Å². The predicted molar refractivity (Wildman–Crippen MR) is 89.2 cm³/mol. The maximum absolute atomic E-state index is 12.4. The number of carbonyl (C=O) groups excluding carboxylic acids is 1. The van der Waals surface area contributed by atoms with E-state index in [1.807, 2.05) is 25.1 Å². The first kappa shape index (κ1) is 14.3. The third-order valence-electron chi connectivity index (χ3n) is 4.08. The standard InChI is InChI=1S/C17H15IN2O/c1-10-13(9-19)16(11-4-2-5-12(18)8-11)17-14(20-10)6-3-7-15(17)21/h2,4-5,8,16,20H,3,6-7H2,1H3/t16-/m1/s1. The van der Waals surface area contributed by atoms with Crippen molar-refractivity contribution >= 4 is 28.4 Å². The van der Waals surface area contributed by atoms with Crippen LogP contribution in [0, 0.1) is 14.9 Å². The van der Waals surface area contributed by atoms with Gasteiger partial charge in [0.1, 0.15) is 0 Å². The van der Waals surface area contributed by atoms with E-state index in [0.717, 1.165) is 38.9 Å². The van der Waals surface area contributed by atoms with E-state index >= 15 is 0 Å². The molecule has 0 saturated heterocycles. The second kappa shape index (κ2) is 5.64. The van der Waals surface area contributed by atoms with E-state index in [2.05, 4.69) is 40.0 Å². The number of nitriles is 1. The second-order valence-electron chi connectivity index (χ2n) is 5.43. The van der Waals surface area contributed by atoms with Gasteiger partial charge in [-0.1, -0.05) is 12.1 Å². The summed E-state index contributed by atoms with van der Waals surface area (Å²) < 4.78 is 1.11. The summed E-state index contributed by atoms with van der Waals surface area (Å²) >= 11 is 2.26. The zero-order valence-corrected chi connectivity index (χ0v) is 13.9. The lowest BCUT2D eigenvalue weighted by atomic mass is 9.76. The summed E-state index contributed by atoms with van der Waals surface area (Å²) in [5.41, 5.74) is 4.36. The Balaban J connectivity index is 2.20. The van der Waals surface area contributed by atoms with E-state index in [9.17, 15) is 10.1 Å². The SMILES string of the molecule is CC1=C(C#N)[C@@H](c2cccc(I)c2)C2=C(CCCC2=O)N1. The molecule has 1 aliphatic carbocycles. The third-order valence-corrected chi connectivity index (χ3v) is 4.75. The molecule has 0 unspecified atom stereocenters. The molecule has 21 heavy (non-hydrogen) atoms. The normalized spacial score (nSPS) is 21.8. The molecule has 3 rings (SSSR count). The molecular formula is C17H15IN2O. The van der Waals surface area contributed by atoms with Crippen LogP contribution in [0.15, 0.2) is 46.8 Å². The van der Waals surface area contributed by atoms with E-state index in [0.29, 0.717) is 12.0 Å². The van der Waals surface area contributed by atoms with Crippen molar-refractivity contribution < 1.29 is 4.79 Å². The molecule has 0 spiro atoms. The van der Waals surface area contributed by atoms with Crippen LogP contribution in [0.25, 0.3) is 0 Å². The molecule has 2 aliphatic rings. The Morgan fingerprint density at radius 3 is 2.90 bits per heavy atom. The molecule has 0 bridgehead atoms. The van der Waals surface area contributed by atoms with Crippen LogP contribution in [0.5, 0.6) is 0 Å². The minimum Gasteiger partial charge on any atom is -0.361 e. The summed E-state index contributed by atoms with van der Waals surface area (Å²) in [7, 11) is 0. The van der Waals surface area contributed by atoms with Crippen molar-refractivity contribution in [2.75, 3.05) is 0 Å². The molecule has 106 valence electrons. The van der Waals surface area contributed by atoms with Gasteiger partial charge in [-0.3, -0.25) is 4.79 Å². The number of carbonyl (C=O) groups is 1. The lowest BCUT2D eigenvalue weighted by molar-refractivity contribution is -0.116. The maximum atomic E-state index is 12.4. The number of Topliss-reactive ketones (excluding diaryl/α,β-unsaturated/α-hetero) is 1. The van der Waals surface area contributed by atoms with Crippen molar-refractivity contribution in [3.8, 4) is 6.07 Å². The Labute approximate surface area is 137 Å². The summed E-state index contributed by atoms with van der Waals surface area (Å²) in [4.78, 5) is 12.4. The Kier molecular flexibility index (Phi) is 3.85. The molecule has 1 aromatic rings. The molecule has 1 aliphatic heterocycles. The lowest BCUT2D eigenvalue weighted by Crippen LogP contribution is -2.31. The third kappa shape index (κ3) is 2.51. The average Bonchev–Trinajstić information content (AvgIpc) is 2.46. The fraction of sp³-hybridized carbons (Fsp3) is 0.294. The van der Waals surface area contributed by atoms with Gasteiger partial charge in [0.05, 0.1) is 17.6 Å². The first-order chi connectivity index (χ1) is 10.1.